The monoisotopic (exact) mass is 580 g/mol. The lowest BCUT2D eigenvalue weighted by Gasteiger charge is -2.25. The summed E-state index contributed by atoms with van der Waals surface area (Å²) < 4.78 is 21.5. The second kappa shape index (κ2) is 13.9. The second-order valence-electron chi connectivity index (χ2n) is 10.8. The van der Waals surface area contributed by atoms with Crippen LogP contribution in [0.1, 0.15) is 46.7 Å². The fraction of sp³-hybridized carbons (Fsp3) is 0.448. The Morgan fingerprint density at radius 2 is 1.98 bits per heavy atom. The first-order valence-electron chi connectivity index (χ1n) is 13.9. The molecule has 0 saturated carbocycles. The number of ether oxygens (including phenoxy) is 1. The van der Waals surface area contributed by atoms with Crippen LogP contribution >= 0.6 is 0 Å². The maximum Gasteiger partial charge on any atom is 0.255 e. The van der Waals surface area contributed by atoms with Crippen molar-refractivity contribution in [1.82, 2.24) is 35.5 Å². The predicted molar refractivity (Wildman–Crippen MR) is 154 cm³/mol. The molecule has 1 aliphatic heterocycles. The molecule has 0 fully saturated rings. The third-order valence-corrected chi connectivity index (χ3v) is 6.74. The molecule has 12 nitrogen and oxygen atoms in total. The number of aromatic nitrogens is 4. The predicted octanol–water partition coefficient (Wildman–Crippen LogP) is 1.92. The van der Waals surface area contributed by atoms with Crippen molar-refractivity contribution in [3.8, 4) is 5.75 Å². The second-order valence-corrected chi connectivity index (χ2v) is 10.8. The number of nitrogens with one attached hydrogen (secondary N) is 2. The van der Waals surface area contributed by atoms with Gasteiger partial charge in [-0.1, -0.05) is 19.1 Å². The Morgan fingerprint density at radius 1 is 1.17 bits per heavy atom. The normalized spacial score (nSPS) is 16.9. The smallest absolute Gasteiger partial charge is 0.255 e. The van der Waals surface area contributed by atoms with Gasteiger partial charge < -0.3 is 25.2 Å². The number of carbonyl (C=O) groups is 3. The lowest BCUT2D eigenvalue weighted by atomic mass is 10.0. The molecule has 13 heteroatoms. The Balaban J connectivity index is 1.58. The van der Waals surface area contributed by atoms with E-state index >= 15 is 0 Å². The largest absolute Gasteiger partial charge is 0.491 e. The zero-order valence-electron chi connectivity index (χ0n) is 24.3. The number of benzene rings is 1. The van der Waals surface area contributed by atoms with Crippen LogP contribution in [0, 0.1) is 11.7 Å². The highest BCUT2D eigenvalue weighted by Gasteiger charge is 2.25. The fourth-order valence-corrected chi connectivity index (χ4v) is 4.52. The van der Waals surface area contributed by atoms with E-state index in [4.69, 9.17) is 4.74 Å². The third kappa shape index (κ3) is 8.02. The summed E-state index contributed by atoms with van der Waals surface area (Å²) in [7, 11) is 3.74. The van der Waals surface area contributed by atoms with Crippen LogP contribution in [0.5, 0.6) is 5.75 Å². The van der Waals surface area contributed by atoms with Crippen LogP contribution in [0.3, 0.4) is 0 Å². The lowest BCUT2D eigenvalue weighted by Crippen LogP contribution is -2.49. The van der Waals surface area contributed by atoms with Gasteiger partial charge in [0.05, 0.1) is 23.4 Å². The number of anilines is 1. The molecule has 2 N–H and O–H groups in total. The highest BCUT2D eigenvalue weighted by atomic mass is 19.1. The summed E-state index contributed by atoms with van der Waals surface area (Å²) in [6.45, 7) is 5.06. The standard InChI is InChI=1S/C29H37FN8O4/c1-19(2)15-24-28(40)31-10-12-37(29(41)20-5-8-26(32-17-20)36(3)4)11-9-22-18-38(35-34-22)13-14-42-25-7-6-21(30)16-23(25)27(39)33-24/h5-8,16-19,24H,9-15H2,1-4H3,(H,31,40)(H,33,39)/t24-/m1/s1. The zero-order chi connectivity index (χ0) is 30.2. The van der Waals surface area contributed by atoms with Crippen molar-refractivity contribution in [3.63, 3.8) is 0 Å². The third-order valence-electron chi connectivity index (χ3n) is 6.74. The van der Waals surface area contributed by atoms with Crippen molar-refractivity contribution < 1.29 is 23.5 Å². The summed E-state index contributed by atoms with van der Waals surface area (Å²) >= 11 is 0. The van der Waals surface area contributed by atoms with Crippen molar-refractivity contribution in [2.45, 2.75) is 39.3 Å². The molecule has 2 bridgehead atoms. The Hall–Kier alpha value is -4.55. The first-order valence-corrected chi connectivity index (χ1v) is 13.9. The van der Waals surface area contributed by atoms with E-state index in [1.54, 1.807) is 27.9 Å². The number of halogens is 1. The maximum atomic E-state index is 14.1. The molecule has 224 valence electrons. The van der Waals surface area contributed by atoms with E-state index in [0.717, 1.165) is 11.9 Å². The molecule has 2 aromatic heterocycles. The van der Waals surface area contributed by atoms with Crippen LogP contribution in [0.2, 0.25) is 0 Å². The molecular weight excluding hydrogens is 543 g/mol. The first-order chi connectivity index (χ1) is 20.1. The average molecular weight is 581 g/mol. The Kier molecular flexibility index (Phi) is 10.0. The minimum Gasteiger partial charge on any atom is -0.491 e. The summed E-state index contributed by atoms with van der Waals surface area (Å²) in [5, 5.41) is 13.9. The Morgan fingerprint density at radius 3 is 2.69 bits per heavy atom. The highest BCUT2D eigenvalue weighted by Crippen LogP contribution is 2.21. The van der Waals surface area contributed by atoms with Crippen LogP contribution in [0.4, 0.5) is 10.2 Å². The van der Waals surface area contributed by atoms with Crippen molar-refractivity contribution >= 4 is 23.5 Å². The maximum absolute atomic E-state index is 14.1. The topological polar surface area (TPSA) is 135 Å². The zero-order valence-corrected chi connectivity index (χ0v) is 24.3. The number of pyridine rings is 1. The van der Waals surface area contributed by atoms with E-state index < -0.39 is 23.7 Å². The average Bonchev–Trinajstić information content (AvgIpc) is 3.41. The fourth-order valence-electron chi connectivity index (χ4n) is 4.52. The molecule has 42 heavy (non-hydrogen) atoms. The quantitative estimate of drug-likeness (QED) is 0.478. The lowest BCUT2D eigenvalue weighted by molar-refractivity contribution is -0.123. The number of hydrogen-bond donors (Lipinski definition) is 2. The van der Waals surface area contributed by atoms with Gasteiger partial charge in [0.25, 0.3) is 11.8 Å². The molecule has 1 aliphatic rings. The van der Waals surface area contributed by atoms with Crippen LogP contribution in [0.25, 0.3) is 0 Å². The molecule has 1 atom stereocenters. The summed E-state index contributed by atoms with van der Waals surface area (Å²) in [6, 6.07) is 6.31. The van der Waals surface area contributed by atoms with Crippen molar-refractivity contribution in [2.75, 3.05) is 45.2 Å². The molecule has 1 aromatic carbocycles. The van der Waals surface area contributed by atoms with Gasteiger partial charge in [-0.25, -0.2) is 14.1 Å². The minimum atomic E-state index is -0.871. The van der Waals surface area contributed by atoms with E-state index in [1.807, 2.05) is 32.8 Å². The number of nitrogens with zero attached hydrogens (tertiary/aromatic N) is 6. The van der Waals surface area contributed by atoms with Crippen LogP contribution in [-0.2, 0) is 17.8 Å². The number of carbonyl (C=O) groups excluding carboxylic acids is 3. The molecule has 0 spiro atoms. The molecule has 0 aliphatic carbocycles. The van der Waals surface area contributed by atoms with Gasteiger partial charge in [0.15, 0.2) is 0 Å². The van der Waals surface area contributed by atoms with Gasteiger partial charge >= 0.3 is 0 Å². The molecular formula is C29H37FN8O4. The minimum absolute atomic E-state index is 0.0115. The summed E-state index contributed by atoms with van der Waals surface area (Å²) in [6.07, 6.45) is 4.10. The van der Waals surface area contributed by atoms with Gasteiger partial charge in [-0.3, -0.25) is 14.4 Å². The van der Waals surface area contributed by atoms with E-state index in [-0.39, 0.29) is 42.8 Å². The van der Waals surface area contributed by atoms with Crippen molar-refractivity contribution in [3.05, 3.63) is 65.4 Å². The van der Waals surface area contributed by atoms with E-state index in [0.29, 0.717) is 37.2 Å². The summed E-state index contributed by atoms with van der Waals surface area (Å²) in [5.74, 6) is -0.851. The van der Waals surface area contributed by atoms with Gasteiger partial charge in [-0.15, -0.1) is 5.10 Å². The first kappa shape index (κ1) is 30.4. The molecule has 0 saturated heterocycles. The summed E-state index contributed by atoms with van der Waals surface area (Å²) in [4.78, 5) is 47.7. The molecule has 3 aromatic rings. The summed E-state index contributed by atoms with van der Waals surface area (Å²) in [5.41, 5.74) is 1.09. The molecule has 4 rings (SSSR count). The molecule has 3 amide bonds. The van der Waals surface area contributed by atoms with E-state index in [9.17, 15) is 18.8 Å². The highest BCUT2D eigenvalue weighted by molar-refractivity contribution is 5.99. The molecule has 0 radical (unpaired) electrons. The van der Waals surface area contributed by atoms with Gasteiger partial charge in [-0.05, 0) is 42.7 Å². The Labute approximate surface area is 244 Å². The van der Waals surface area contributed by atoms with Gasteiger partial charge in [0.1, 0.15) is 30.0 Å². The van der Waals surface area contributed by atoms with Gasteiger partial charge in [0, 0.05) is 52.5 Å². The number of amides is 3. The SMILES string of the molecule is CC(C)C[C@H]1NC(=O)c2cc(F)ccc2OCCn2cc(nn2)CCN(C(=O)c2ccc(N(C)C)nc2)CCNC1=O. The van der Waals surface area contributed by atoms with Gasteiger partial charge in [-0.2, -0.15) is 0 Å². The number of rotatable bonds is 4. The van der Waals surface area contributed by atoms with Crippen molar-refractivity contribution in [2.24, 2.45) is 5.92 Å². The van der Waals surface area contributed by atoms with Crippen LogP contribution in [-0.4, -0.2) is 89.0 Å². The van der Waals surface area contributed by atoms with E-state index in [1.165, 1.54) is 18.3 Å². The van der Waals surface area contributed by atoms with Crippen LogP contribution < -0.4 is 20.3 Å². The molecule has 3 heterocycles. The van der Waals surface area contributed by atoms with E-state index in [2.05, 4.69) is 25.9 Å². The van der Waals surface area contributed by atoms with Crippen LogP contribution in [0.15, 0.2) is 42.7 Å². The molecule has 0 unspecified atom stereocenters. The van der Waals surface area contributed by atoms with Crippen molar-refractivity contribution in [1.29, 1.82) is 0 Å². The Bertz CT molecular complexity index is 1390. The number of fused-ring (bicyclic) bond motifs is 3. The van der Waals surface area contributed by atoms with Gasteiger partial charge in [0.2, 0.25) is 5.91 Å². The number of hydrogen-bond acceptors (Lipinski definition) is 8.